The van der Waals surface area contributed by atoms with Gasteiger partial charge in [0.2, 0.25) is 5.91 Å². The molecule has 22 heavy (non-hydrogen) atoms. The maximum atomic E-state index is 12.2. The third-order valence-corrected chi connectivity index (χ3v) is 5.16. The van der Waals surface area contributed by atoms with Crippen molar-refractivity contribution in [1.29, 1.82) is 0 Å². The Morgan fingerprint density at radius 2 is 2.18 bits per heavy atom. The summed E-state index contributed by atoms with van der Waals surface area (Å²) in [6, 6.07) is 4.59. The summed E-state index contributed by atoms with van der Waals surface area (Å²) in [6.07, 6.45) is 5.19. The number of unbranched alkanes of at least 4 members (excludes halogenated alkanes) is 1. The Labute approximate surface area is 133 Å². The average molecular weight is 304 g/mol. The monoisotopic (exact) mass is 304 g/mol. The topological polar surface area (TPSA) is 36.7 Å². The van der Waals surface area contributed by atoms with Gasteiger partial charge < -0.3 is 9.32 Å². The summed E-state index contributed by atoms with van der Waals surface area (Å²) in [7, 11) is 0. The first-order valence-electron chi connectivity index (χ1n) is 8.74. The molecular formula is C18H28N2O2. The zero-order chi connectivity index (χ0) is 15.5. The van der Waals surface area contributed by atoms with E-state index in [0.717, 1.165) is 69.8 Å². The van der Waals surface area contributed by atoms with E-state index in [0.29, 0.717) is 17.9 Å². The second-order valence-corrected chi connectivity index (χ2v) is 6.84. The van der Waals surface area contributed by atoms with Gasteiger partial charge in [-0.2, -0.15) is 0 Å². The molecule has 0 N–H and O–H groups in total. The molecule has 2 aliphatic heterocycles. The molecule has 0 bridgehead atoms. The summed E-state index contributed by atoms with van der Waals surface area (Å²) in [5.41, 5.74) is 0. The summed E-state index contributed by atoms with van der Waals surface area (Å²) < 4.78 is 5.71. The Bertz CT molecular complexity index is 511. The second kappa shape index (κ2) is 6.86. The molecule has 0 aromatic carbocycles. The molecular weight excluding hydrogens is 276 g/mol. The van der Waals surface area contributed by atoms with Gasteiger partial charge in [-0.05, 0) is 44.2 Å². The van der Waals surface area contributed by atoms with Crippen molar-refractivity contribution in [3.05, 3.63) is 23.7 Å². The number of piperidine rings is 2. The molecule has 1 aromatic rings. The smallest absolute Gasteiger partial charge is 0.222 e. The third-order valence-electron chi connectivity index (χ3n) is 5.16. The molecule has 3 rings (SSSR count). The van der Waals surface area contributed by atoms with Crippen LogP contribution >= 0.6 is 0 Å². The Morgan fingerprint density at radius 1 is 1.32 bits per heavy atom. The highest BCUT2D eigenvalue weighted by Gasteiger charge is 2.38. The summed E-state index contributed by atoms with van der Waals surface area (Å²) in [5.74, 6) is 3.06. The first-order valence-corrected chi connectivity index (χ1v) is 8.74. The van der Waals surface area contributed by atoms with Crippen LogP contribution < -0.4 is 0 Å². The molecule has 0 saturated carbocycles. The molecule has 122 valence electrons. The Hall–Kier alpha value is -1.29. The maximum Gasteiger partial charge on any atom is 0.222 e. The van der Waals surface area contributed by atoms with E-state index in [-0.39, 0.29) is 0 Å². The number of carbonyl (C=O) groups excluding carboxylic acids is 1. The normalized spacial score (nSPS) is 26.3. The number of furan rings is 1. The maximum absolute atomic E-state index is 12.2. The highest BCUT2D eigenvalue weighted by molar-refractivity contribution is 5.77. The van der Waals surface area contributed by atoms with Gasteiger partial charge in [-0.15, -0.1) is 0 Å². The molecule has 0 unspecified atom stereocenters. The van der Waals surface area contributed by atoms with Crippen molar-refractivity contribution in [2.75, 3.05) is 19.6 Å². The largest absolute Gasteiger partial charge is 0.465 e. The number of hydrogen-bond donors (Lipinski definition) is 0. The first kappa shape index (κ1) is 15.6. The van der Waals surface area contributed by atoms with E-state index in [9.17, 15) is 4.79 Å². The van der Waals surface area contributed by atoms with Crippen LogP contribution in [0.3, 0.4) is 0 Å². The van der Waals surface area contributed by atoms with Crippen LogP contribution in [0.4, 0.5) is 0 Å². The molecule has 0 aliphatic carbocycles. The number of carbonyl (C=O) groups is 1. The zero-order valence-corrected chi connectivity index (χ0v) is 13.9. The van der Waals surface area contributed by atoms with Gasteiger partial charge in [0.25, 0.3) is 0 Å². The highest BCUT2D eigenvalue weighted by Crippen LogP contribution is 2.32. The summed E-state index contributed by atoms with van der Waals surface area (Å²) in [4.78, 5) is 16.9. The molecule has 4 nitrogen and oxygen atoms in total. The SMILES string of the molecule is CCCCN1C(=O)CC[C@H]2CN(Cc3ccc(C)o3)CC[C@H]21. The van der Waals surface area contributed by atoms with Crippen LogP contribution in [-0.4, -0.2) is 41.4 Å². The fourth-order valence-electron chi connectivity index (χ4n) is 3.98. The molecule has 2 fully saturated rings. The van der Waals surface area contributed by atoms with E-state index < -0.39 is 0 Å². The van der Waals surface area contributed by atoms with Crippen LogP contribution in [0, 0.1) is 12.8 Å². The van der Waals surface area contributed by atoms with Gasteiger partial charge in [-0.3, -0.25) is 9.69 Å². The van der Waals surface area contributed by atoms with E-state index in [2.05, 4.69) is 22.8 Å². The van der Waals surface area contributed by atoms with Gasteiger partial charge in [-0.1, -0.05) is 13.3 Å². The minimum atomic E-state index is 0.379. The quantitative estimate of drug-likeness (QED) is 0.838. The zero-order valence-electron chi connectivity index (χ0n) is 13.9. The van der Waals surface area contributed by atoms with Crippen molar-refractivity contribution >= 4 is 5.91 Å². The van der Waals surface area contributed by atoms with Crippen LogP contribution in [0.15, 0.2) is 16.5 Å². The highest BCUT2D eigenvalue weighted by atomic mass is 16.3. The van der Waals surface area contributed by atoms with Crippen molar-refractivity contribution in [2.24, 2.45) is 5.92 Å². The number of hydrogen-bond acceptors (Lipinski definition) is 3. The second-order valence-electron chi connectivity index (χ2n) is 6.84. The van der Waals surface area contributed by atoms with Gasteiger partial charge in [0.15, 0.2) is 0 Å². The average Bonchev–Trinajstić information content (AvgIpc) is 2.91. The summed E-state index contributed by atoms with van der Waals surface area (Å²) >= 11 is 0. The van der Waals surface area contributed by atoms with Crippen LogP contribution in [-0.2, 0) is 11.3 Å². The number of aryl methyl sites for hydroxylation is 1. The number of nitrogens with zero attached hydrogens (tertiary/aromatic N) is 2. The third kappa shape index (κ3) is 3.37. The van der Waals surface area contributed by atoms with Crippen molar-refractivity contribution < 1.29 is 9.21 Å². The lowest BCUT2D eigenvalue weighted by Crippen LogP contribution is -2.55. The molecule has 4 heteroatoms. The van der Waals surface area contributed by atoms with Crippen molar-refractivity contribution in [3.8, 4) is 0 Å². The molecule has 1 amide bonds. The standard InChI is InChI=1S/C18H28N2O2/c1-3-4-10-20-17-9-11-19(12-15(17)6-8-18(20)21)13-16-7-5-14(2)22-16/h5,7,15,17H,3-4,6,8-13H2,1-2H3/t15-,17+/m0/s1. The number of fused-ring (bicyclic) bond motifs is 1. The molecule has 2 atom stereocenters. The van der Waals surface area contributed by atoms with E-state index in [1.165, 1.54) is 0 Å². The lowest BCUT2D eigenvalue weighted by Gasteiger charge is -2.47. The molecule has 1 aromatic heterocycles. The molecule has 3 heterocycles. The fraction of sp³-hybridized carbons (Fsp3) is 0.722. The first-order chi connectivity index (χ1) is 10.7. The Kier molecular flexibility index (Phi) is 4.87. The van der Waals surface area contributed by atoms with E-state index in [1.54, 1.807) is 0 Å². The van der Waals surface area contributed by atoms with Gasteiger partial charge in [-0.25, -0.2) is 0 Å². The van der Waals surface area contributed by atoms with Crippen molar-refractivity contribution in [1.82, 2.24) is 9.80 Å². The molecule has 2 saturated heterocycles. The van der Waals surface area contributed by atoms with Crippen molar-refractivity contribution in [3.63, 3.8) is 0 Å². The van der Waals surface area contributed by atoms with Gasteiger partial charge >= 0.3 is 0 Å². The minimum Gasteiger partial charge on any atom is -0.465 e. The van der Waals surface area contributed by atoms with E-state index in [1.807, 2.05) is 13.0 Å². The Morgan fingerprint density at radius 3 is 2.91 bits per heavy atom. The molecule has 2 aliphatic rings. The number of amides is 1. The van der Waals surface area contributed by atoms with Crippen LogP contribution in [0.1, 0.15) is 50.5 Å². The summed E-state index contributed by atoms with van der Waals surface area (Å²) in [6.45, 7) is 8.21. The molecule has 0 spiro atoms. The predicted octanol–water partition coefficient (Wildman–Crippen LogP) is 3.20. The van der Waals surface area contributed by atoms with E-state index in [4.69, 9.17) is 4.42 Å². The number of likely N-dealkylation sites (tertiary alicyclic amines) is 2. The van der Waals surface area contributed by atoms with Crippen LogP contribution in [0.2, 0.25) is 0 Å². The van der Waals surface area contributed by atoms with E-state index >= 15 is 0 Å². The summed E-state index contributed by atoms with van der Waals surface area (Å²) in [5, 5.41) is 0. The lowest BCUT2D eigenvalue weighted by molar-refractivity contribution is -0.141. The van der Waals surface area contributed by atoms with Gasteiger partial charge in [0, 0.05) is 32.1 Å². The predicted molar refractivity (Wildman–Crippen MR) is 86.5 cm³/mol. The molecule has 0 radical (unpaired) electrons. The minimum absolute atomic E-state index is 0.379. The van der Waals surface area contributed by atoms with Crippen LogP contribution in [0.25, 0.3) is 0 Å². The van der Waals surface area contributed by atoms with Crippen molar-refractivity contribution in [2.45, 2.75) is 58.5 Å². The van der Waals surface area contributed by atoms with Crippen LogP contribution in [0.5, 0.6) is 0 Å². The fourth-order valence-corrected chi connectivity index (χ4v) is 3.98. The van der Waals surface area contributed by atoms with Gasteiger partial charge in [0.1, 0.15) is 11.5 Å². The number of rotatable bonds is 5. The Balaban J connectivity index is 1.60. The lowest BCUT2D eigenvalue weighted by atomic mass is 9.83. The van der Waals surface area contributed by atoms with Gasteiger partial charge in [0.05, 0.1) is 6.54 Å².